The molecule has 0 saturated heterocycles. The minimum Gasteiger partial charge on any atom is -0.497 e. The summed E-state index contributed by atoms with van der Waals surface area (Å²) in [4.78, 5) is 15.7. The Bertz CT molecular complexity index is 1220. The minimum absolute atomic E-state index is 0.0199. The van der Waals surface area contributed by atoms with Gasteiger partial charge in [0.25, 0.3) is 0 Å². The summed E-state index contributed by atoms with van der Waals surface area (Å²) in [6, 6.07) is 21.7. The number of carbonyl (C=O) groups excluding carboxylic acids is 1. The first-order valence-corrected chi connectivity index (χ1v) is 10.9. The van der Waals surface area contributed by atoms with Crippen molar-refractivity contribution in [3.8, 4) is 17.2 Å². The van der Waals surface area contributed by atoms with Crippen molar-refractivity contribution in [2.75, 3.05) is 20.8 Å². The third kappa shape index (κ3) is 5.66. The molecule has 1 aromatic heterocycles. The molecule has 4 aromatic rings. The zero-order valence-electron chi connectivity index (χ0n) is 18.9. The number of aromatic nitrogens is 1. The maximum absolute atomic E-state index is 12.5. The molecule has 0 fully saturated rings. The van der Waals surface area contributed by atoms with Gasteiger partial charge in [-0.3, -0.25) is 4.79 Å². The van der Waals surface area contributed by atoms with Crippen LogP contribution in [0.25, 0.3) is 10.9 Å². The van der Waals surface area contributed by atoms with Gasteiger partial charge in [0, 0.05) is 23.6 Å². The van der Waals surface area contributed by atoms with Crippen LogP contribution in [-0.4, -0.2) is 31.7 Å². The second-order valence-corrected chi connectivity index (χ2v) is 7.76. The fourth-order valence-corrected chi connectivity index (χ4v) is 3.73. The first-order chi connectivity index (χ1) is 16.2. The highest BCUT2D eigenvalue weighted by Gasteiger charge is 2.11. The molecule has 0 saturated carbocycles. The number of amides is 1. The van der Waals surface area contributed by atoms with Gasteiger partial charge >= 0.3 is 0 Å². The molecule has 6 nitrogen and oxygen atoms in total. The van der Waals surface area contributed by atoms with Gasteiger partial charge in [0.15, 0.2) is 11.5 Å². The van der Waals surface area contributed by atoms with E-state index in [0.717, 1.165) is 33.3 Å². The Kier molecular flexibility index (Phi) is 7.15. The van der Waals surface area contributed by atoms with Gasteiger partial charge < -0.3 is 24.5 Å². The van der Waals surface area contributed by atoms with E-state index >= 15 is 0 Å². The number of hydrogen-bond acceptors (Lipinski definition) is 4. The van der Waals surface area contributed by atoms with Gasteiger partial charge in [-0.05, 0) is 53.4 Å². The third-order valence-electron chi connectivity index (χ3n) is 5.53. The van der Waals surface area contributed by atoms with Gasteiger partial charge in [-0.15, -0.1) is 0 Å². The fraction of sp³-hybridized carbons (Fsp3) is 0.222. The largest absolute Gasteiger partial charge is 0.497 e. The molecule has 0 spiro atoms. The lowest BCUT2D eigenvalue weighted by atomic mass is 10.1. The van der Waals surface area contributed by atoms with E-state index in [1.165, 1.54) is 0 Å². The Labute approximate surface area is 193 Å². The van der Waals surface area contributed by atoms with E-state index in [4.69, 9.17) is 14.2 Å². The molecule has 0 atom stereocenters. The van der Waals surface area contributed by atoms with E-state index in [-0.39, 0.29) is 5.91 Å². The van der Waals surface area contributed by atoms with E-state index in [1.54, 1.807) is 14.2 Å². The molecule has 0 aliphatic carbocycles. The molecule has 0 bridgehead atoms. The molecule has 170 valence electrons. The summed E-state index contributed by atoms with van der Waals surface area (Å²) in [6.07, 6.45) is 2.88. The SMILES string of the molecule is COc1ccc2[nH]cc(CC(=O)NCCc3ccc(OCc4ccccc4)c(OC)c3)c2c1. The molecule has 6 heteroatoms. The van der Waals surface area contributed by atoms with Gasteiger partial charge in [-0.2, -0.15) is 0 Å². The summed E-state index contributed by atoms with van der Waals surface area (Å²) in [7, 11) is 3.27. The summed E-state index contributed by atoms with van der Waals surface area (Å²) in [5.74, 6) is 2.13. The van der Waals surface area contributed by atoms with Crippen LogP contribution in [0, 0.1) is 0 Å². The topological polar surface area (TPSA) is 72.6 Å². The average Bonchev–Trinajstić information content (AvgIpc) is 3.25. The second kappa shape index (κ2) is 10.6. The van der Waals surface area contributed by atoms with Crippen LogP contribution in [0.1, 0.15) is 16.7 Å². The Morgan fingerprint density at radius 2 is 1.76 bits per heavy atom. The van der Waals surface area contributed by atoms with Crippen LogP contribution in [0.4, 0.5) is 0 Å². The zero-order chi connectivity index (χ0) is 23.0. The van der Waals surface area contributed by atoms with Gasteiger partial charge in [-0.25, -0.2) is 0 Å². The van der Waals surface area contributed by atoms with Gasteiger partial charge in [0.05, 0.1) is 20.6 Å². The van der Waals surface area contributed by atoms with E-state index < -0.39 is 0 Å². The van der Waals surface area contributed by atoms with E-state index in [0.29, 0.717) is 37.5 Å². The molecular formula is C27H28N2O4. The number of rotatable bonds is 10. The predicted molar refractivity (Wildman–Crippen MR) is 129 cm³/mol. The van der Waals surface area contributed by atoms with Crippen molar-refractivity contribution in [3.63, 3.8) is 0 Å². The standard InChI is InChI=1S/C27H28N2O4/c1-31-22-9-10-24-23(16-22)21(17-29-24)15-27(30)28-13-12-19-8-11-25(26(14-19)32-2)33-18-20-6-4-3-5-7-20/h3-11,14,16-17,29H,12-13,15,18H2,1-2H3,(H,28,30). The zero-order valence-corrected chi connectivity index (χ0v) is 18.9. The molecule has 4 rings (SSSR count). The van der Waals surface area contributed by atoms with Gasteiger partial charge in [0.2, 0.25) is 5.91 Å². The normalized spacial score (nSPS) is 10.7. The van der Waals surface area contributed by atoms with Crippen molar-refractivity contribution < 1.29 is 19.0 Å². The first-order valence-electron chi connectivity index (χ1n) is 10.9. The van der Waals surface area contributed by atoms with Gasteiger partial charge in [-0.1, -0.05) is 36.4 Å². The Morgan fingerprint density at radius 1 is 0.909 bits per heavy atom. The lowest BCUT2D eigenvalue weighted by Gasteiger charge is -2.13. The highest BCUT2D eigenvalue weighted by Crippen LogP contribution is 2.29. The van der Waals surface area contributed by atoms with Crippen LogP contribution in [0.5, 0.6) is 17.2 Å². The number of nitrogens with one attached hydrogen (secondary N) is 2. The average molecular weight is 445 g/mol. The van der Waals surface area contributed by atoms with Crippen LogP contribution >= 0.6 is 0 Å². The van der Waals surface area contributed by atoms with Crippen molar-refractivity contribution in [2.45, 2.75) is 19.4 Å². The lowest BCUT2D eigenvalue weighted by Crippen LogP contribution is -2.27. The molecule has 33 heavy (non-hydrogen) atoms. The van der Waals surface area contributed by atoms with Crippen LogP contribution in [0.3, 0.4) is 0 Å². The molecule has 0 radical (unpaired) electrons. The molecule has 0 aliphatic rings. The summed E-state index contributed by atoms with van der Waals surface area (Å²) < 4.78 is 16.7. The molecular weight excluding hydrogens is 416 g/mol. The molecule has 0 aliphatic heterocycles. The van der Waals surface area contributed by atoms with E-state index in [2.05, 4.69) is 10.3 Å². The van der Waals surface area contributed by atoms with Crippen LogP contribution < -0.4 is 19.5 Å². The quantitative estimate of drug-likeness (QED) is 0.373. The van der Waals surface area contributed by atoms with Crippen molar-refractivity contribution >= 4 is 16.8 Å². The minimum atomic E-state index is -0.0199. The molecule has 3 aromatic carbocycles. The number of hydrogen-bond donors (Lipinski definition) is 2. The van der Waals surface area contributed by atoms with E-state index in [9.17, 15) is 4.79 Å². The van der Waals surface area contributed by atoms with Gasteiger partial charge in [0.1, 0.15) is 12.4 Å². The number of aromatic amines is 1. The number of carbonyl (C=O) groups is 1. The van der Waals surface area contributed by atoms with Crippen molar-refractivity contribution in [1.82, 2.24) is 10.3 Å². The first kappa shape index (κ1) is 22.3. The second-order valence-electron chi connectivity index (χ2n) is 7.76. The summed E-state index contributed by atoms with van der Waals surface area (Å²) in [6.45, 7) is 1.02. The monoisotopic (exact) mass is 444 g/mol. The van der Waals surface area contributed by atoms with E-state index in [1.807, 2.05) is 72.9 Å². The predicted octanol–water partition coefficient (Wildman–Crippen LogP) is 4.67. The van der Waals surface area contributed by atoms with Crippen molar-refractivity contribution in [2.24, 2.45) is 0 Å². The number of methoxy groups -OCH3 is 2. The molecule has 1 amide bonds. The van der Waals surface area contributed by atoms with Crippen LogP contribution in [-0.2, 0) is 24.2 Å². The fourth-order valence-electron chi connectivity index (χ4n) is 3.73. The Hall–Kier alpha value is -3.93. The van der Waals surface area contributed by atoms with Crippen LogP contribution in [0.15, 0.2) is 72.9 Å². The van der Waals surface area contributed by atoms with Crippen LogP contribution in [0.2, 0.25) is 0 Å². The number of benzene rings is 3. The third-order valence-corrected chi connectivity index (χ3v) is 5.53. The smallest absolute Gasteiger partial charge is 0.224 e. The summed E-state index contributed by atoms with van der Waals surface area (Å²) >= 11 is 0. The number of ether oxygens (including phenoxy) is 3. The molecule has 2 N–H and O–H groups in total. The molecule has 1 heterocycles. The molecule has 0 unspecified atom stereocenters. The van der Waals surface area contributed by atoms with Crippen molar-refractivity contribution in [1.29, 1.82) is 0 Å². The summed E-state index contributed by atoms with van der Waals surface area (Å²) in [5, 5.41) is 4.01. The Balaban J connectivity index is 1.30. The highest BCUT2D eigenvalue weighted by atomic mass is 16.5. The highest BCUT2D eigenvalue weighted by molar-refractivity contribution is 5.89. The lowest BCUT2D eigenvalue weighted by molar-refractivity contribution is -0.120. The maximum Gasteiger partial charge on any atom is 0.224 e. The number of H-pyrrole nitrogens is 1. The van der Waals surface area contributed by atoms with Crippen molar-refractivity contribution in [3.05, 3.63) is 89.6 Å². The maximum atomic E-state index is 12.5. The summed E-state index contributed by atoms with van der Waals surface area (Å²) in [5.41, 5.74) is 4.10. The number of fused-ring (bicyclic) bond motifs is 1. The Morgan fingerprint density at radius 3 is 2.55 bits per heavy atom.